The average molecular weight is 421 g/mol. The topological polar surface area (TPSA) is 77.6 Å². The van der Waals surface area contributed by atoms with Crippen molar-refractivity contribution in [2.45, 2.75) is 27.3 Å². The number of benzene rings is 2. The van der Waals surface area contributed by atoms with Crippen LogP contribution in [-0.2, 0) is 6.54 Å². The zero-order valence-corrected chi connectivity index (χ0v) is 17.7. The molecule has 8 heteroatoms. The summed E-state index contributed by atoms with van der Waals surface area (Å²) < 4.78 is 3.45. The van der Waals surface area contributed by atoms with Crippen molar-refractivity contribution in [3.8, 4) is 11.4 Å². The minimum absolute atomic E-state index is 0.0955. The minimum atomic E-state index is -0.352. The third kappa shape index (κ3) is 3.71. The maximum absolute atomic E-state index is 12.7. The first-order chi connectivity index (χ1) is 14.5. The van der Waals surface area contributed by atoms with Crippen LogP contribution in [-0.4, -0.2) is 30.5 Å². The van der Waals surface area contributed by atoms with Crippen LogP contribution in [0.25, 0.3) is 11.4 Å². The molecule has 0 saturated heterocycles. The summed E-state index contributed by atoms with van der Waals surface area (Å²) in [6.45, 7) is 6.04. The van der Waals surface area contributed by atoms with Gasteiger partial charge in [-0.1, -0.05) is 41.9 Å². The molecule has 1 N–H and O–H groups in total. The van der Waals surface area contributed by atoms with E-state index in [4.69, 9.17) is 11.6 Å². The number of hydrogen-bond donors (Lipinski definition) is 1. The van der Waals surface area contributed by atoms with Crippen LogP contribution in [0.4, 0.5) is 0 Å². The number of para-hydroxylation sites is 2. The molecular formula is C22H21ClN6O. The molecule has 2 aromatic carbocycles. The summed E-state index contributed by atoms with van der Waals surface area (Å²) in [6, 6.07) is 17.2. The van der Waals surface area contributed by atoms with E-state index in [9.17, 15) is 4.79 Å². The molecule has 0 bridgehead atoms. The van der Waals surface area contributed by atoms with Crippen molar-refractivity contribution in [3.05, 3.63) is 88.2 Å². The molecule has 0 spiro atoms. The van der Waals surface area contributed by atoms with Gasteiger partial charge in [-0.05, 0) is 45.0 Å². The van der Waals surface area contributed by atoms with Crippen molar-refractivity contribution in [2.75, 3.05) is 0 Å². The van der Waals surface area contributed by atoms with Crippen molar-refractivity contribution < 1.29 is 4.79 Å². The molecular weight excluding hydrogens is 400 g/mol. The first-order valence-electron chi connectivity index (χ1n) is 9.53. The molecule has 1 amide bonds. The fraction of sp³-hybridized carbons (Fsp3) is 0.182. The molecule has 0 atom stereocenters. The summed E-state index contributed by atoms with van der Waals surface area (Å²) >= 11 is 6.25. The highest BCUT2D eigenvalue weighted by Gasteiger charge is 2.18. The van der Waals surface area contributed by atoms with Gasteiger partial charge in [-0.3, -0.25) is 4.79 Å². The van der Waals surface area contributed by atoms with Gasteiger partial charge in [0.2, 0.25) is 5.82 Å². The summed E-state index contributed by atoms with van der Waals surface area (Å²) in [4.78, 5) is 17.0. The van der Waals surface area contributed by atoms with Crippen LogP contribution in [0.1, 0.15) is 33.4 Å². The van der Waals surface area contributed by atoms with Gasteiger partial charge in [0.05, 0.1) is 22.1 Å². The maximum Gasteiger partial charge on any atom is 0.291 e. The molecule has 0 unspecified atom stereocenters. The van der Waals surface area contributed by atoms with Gasteiger partial charge >= 0.3 is 0 Å². The highest BCUT2D eigenvalue weighted by Crippen LogP contribution is 2.20. The molecule has 0 fully saturated rings. The predicted octanol–water partition coefficient (Wildman–Crippen LogP) is 3.96. The zero-order chi connectivity index (χ0) is 21.3. The lowest BCUT2D eigenvalue weighted by molar-refractivity contribution is 0.0940. The quantitative estimate of drug-likeness (QED) is 0.530. The maximum atomic E-state index is 12.7. The number of nitrogens with one attached hydrogen (secondary N) is 1. The van der Waals surface area contributed by atoms with Crippen LogP contribution in [0.3, 0.4) is 0 Å². The number of halogens is 1. The fourth-order valence-corrected chi connectivity index (χ4v) is 3.55. The van der Waals surface area contributed by atoms with Crippen molar-refractivity contribution >= 4 is 17.5 Å². The number of amides is 1. The second kappa shape index (κ2) is 8.12. The largest absolute Gasteiger partial charge is 0.345 e. The first kappa shape index (κ1) is 19.8. The summed E-state index contributed by atoms with van der Waals surface area (Å²) in [7, 11) is 0. The van der Waals surface area contributed by atoms with Crippen LogP contribution in [0, 0.1) is 20.8 Å². The zero-order valence-electron chi connectivity index (χ0n) is 16.9. The van der Waals surface area contributed by atoms with Crippen molar-refractivity contribution in [2.24, 2.45) is 0 Å². The number of rotatable bonds is 5. The molecule has 30 heavy (non-hydrogen) atoms. The highest BCUT2D eigenvalue weighted by molar-refractivity contribution is 6.32. The van der Waals surface area contributed by atoms with Crippen LogP contribution in [0.2, 0.25) is 5.02 Å². The molecule has 0 aliphatic rings. The lowest BCUT2D eigenvalue weighted by Crippen LogP contribution is -2.24. The Morgan fingerprint density at radius 1 is 0.967 bits per heavy atom. The molecule has 4 rings (SSSR count). The van der Waals surface area contributed by atoms with Gasteiger partial charge in [-0.15, -0.1) is 5.10 Å². The molecule has 2 aromatic heterocycles. The van der Waals surface area contributed by atoms with Crippen LogP contribution >= 0.6 is 11.6 Å². The molecule has 0 aliphatic heterocycles. The molecule has 0 aliphatic carbocycles. The number of aryl methyl sites for hydroxylation is 2. The van der Waals surface area contributed by atoms with E-state index < -0.39 is 0 Å². The van der Waals surface area contributed by atoms with Gasteiger partial charge in [-0.2, -0.15) is 5.10 Å². The van der Waals surface area contributed by atoms with Crippen LogP contribution in [0.15, 0.2) is 54.6 Å². The Morgan fingerprint density at radius 2 is 1.67 bits per heavy atom. The van der Waals surface area contributed by atoms with E-state index in [1.165, 1.54) is 0 Å². The normalized spacial score (nSPS) is 10.9. The minimum Gasteiger partial charge on any atom is -0.345 e. The molecule has 0 saturated carbocycles. The van der Waals surface area contributed by atoms with E-state index in [-0.39, 0.29) is 11.7 Å². The standard InChI is InChI=1S/C22H21ClN6O/c1-14-18(15(2)28(26-14)17-9-5-4-6-10-17)13-24-22(30)21-25-16(3)29(27-21)20-12-8-7-11-19(20)23/h4-12H,13H2,1-3H3,(H,24,30). The SMILES string of the molecule is Cc1nn(-c2ccccc2)c(C)c1CNC(=O)c1nc(C)n(-c2ccccc2Cl)n1. The second-order valence-corrected chi connectivity index (χ2v) is 7.33. The first-order valence-corrected chi connectivity index (χ1v) is 9.91. The smallest absolute Gasteiger partial charge is 0.291 e. The third-order valence-electron chi connectivity index (χ3n) is 4.92. The van der Waals surface area contributed by atoms with E-state index in [1.807, 2.05) is 67.1 Å². The van der Waals surface area contributed by atoms with Crippen LogP contribution in [0.5, 0.6) is 0 Å². The summed E-state index contributed by atoms with van der Waals surface area (Å²) in [5, 5.41) is 12.4. The molecule has 0 radical (unpaired) electrons. The monoisotopic (exact) mass is 420 g/mol. The lowest BCUT2D eigenvalue weighted by atomic mass is 10.2. The van der Waals surface area contributed by atoms with Gasteiger partial charge in [0, 0.05) is 17.8 Å². The van der Waals surface area contributed by atoms with E-state index >= 15 is 0 Å². The predicted molar refractivity (Wildman–Crippen MR) is 115 cm³/mol. The van der Waals surface area contributed by atoms with E-state index in [0.29, 0.717) is 23.1 Å². The second-order valence-electron chi connectivity index (χ2n) is 6.93. The van der Waals surface area contributed by atoms with Crippen molar-refractivity contribution in [1.29, 1.82) is 0 Å². The van der Waals surface area contributed by atoms with Gasteiger partial charge in [0.15, 0.2) is 0 Å². The van der Waals surface area contributed by atoms with E-state index in [1.54, 1.807) is 17.7 Å². The average Bonchev–Trinajstić information content (AvgIpc) is 3.27. The number of carbonyl (C=O) groups excluding carboxylic acids is 1. The lowest BCUT2D eigenvalue weighted by Gasteiger charge is -2.06. The Bertz CT molecular complexity index is 1210. The number of aromatic nitrogens is 5. The van der Waals surface area contributed by atoms with Crippen molar-refractivity contribution in [3.63, 3.8) is 0 Å². The Kier molecular flexibility index (Phi) is 5.37. The molecule has 152 valence electrons. The van der Waals surface area contributed by atoms with Crippen molar-refractivity contribution in [1.82, 2.24) is 29.9 Å². The van der Waals surface area contributed by atoms with Gasteiger partial charge in [-0.25, -0.2) is 14.3 Å². The Balaban J connectivity index is 1.53. The molecule has 7 nitrogen and oxygen atoms in total. The fourth-order valence-electron chi connectivity index (χ4n) is 3.34. The number of nitrogens with zero attached hydrogens (tertiary/aromatic N) is 5. The Morgan fingerprint density at radius 3 is 2.40 bits per heavy atom. The van der Waals surface area contributed by atoms with E-state index in [0.717, 1.165) is 22.6 Å². The van der Waals surface area contributed by atoms with E-state index in [2.05, 4.69) is 20.5 Å². The molecule has 2 heterocycles. The van der Waals surface area contributed by atoms with Gasteiger partial charge in [0.1, 0.15) is 5.82 Å². The molecule has 4 aromatic rings. The van der Waals surface area contributed by atoms with Gasteiger partial charge < -0.3 is 5.32 Å². The summed E-state index contributed by atoms with van der Waals surface area (Å²) in [5.74, 6) is 0.325. The van der Waals surface area contributed by atoms with Crippen LogP contribution < -0.4 is 5.32 Å². The number of hydrogen-bond acceptors (Lipinski definition) is 4. The number of carbonyl (C=O) groups is 1. The third-order valence-corrected chi connectivity index (χ3v) is 5.24. The Hall–Kier alpha value is -3.45. The summed E-state index contributed by atoms with van der Waals surface area (Å²) in [6.07, 6.45) is 0. The highest BCUT2D eigenvalue weighted by atomic mass is 35.5. The Labute approximate surface area is 179 Å². The van der Waals surface area contributed by atoms with Gasteiger partial charge in [0.25, 0.3) is 5.91 Å². The summed E-state index contributed by atoms with van der Waals surface area (Å²) in [5.41, 5.74) is 4.46.